The molecule has 0 spiro atoms. The number of benzene rings is 2. The summed E-state index contributed by atoms with van der Waals surface area (Å²) in [7, 11) is -1.67. The number of carbonyl (C=O) groups is 1. The molecule has 2 rings (SSSR count). The summed E-state index contributed by atoms with van der Waals surface area (Å²) in [5, 5.41) is 7.95. The third kappa shape index (κ3) is 4.44. The summed E-state index contributed by atoms with van der Waals surface area (Å²) in [4.78, 5) is 12.4. The minimum absolute atomic E-state index is 0.276. The van der Waals surface area contributed by atoms with E-state index in [1.165, 1.54) is 0 Å². The van der Waals surface area contributed by atoms with Crippen LogP contribution in [0.15, 0.2) is 59.5 Å². The van der Waals surface area contributed by atoms with Crippen molar-refractivity contribution in [2.75, 3.05) is 6.61 Å². The van der Waals surface area contributed by atoms with Crippen molar-refractivity contribution in [3.63, 3.8) is 0 Å². The van der Waals surface area contributed by atoms with Crippen molar-refractivity contribution in [2.45, 2.75) is 17.1 Å². The summed E-state index contributed by atoms with van der Waals surface area (Å²) in [5.41, 5.74) is 2.14. The van der Waals surface area contributed by atoms with Crippen LogP contribution in [0.4, 0.5) is 0 Å². The van der Waals surface area contributed by atoms with Crippen molar-refractivity contribution in [3.8, 4) is 17.6 Å². The van der Waals surface area contributed by atoms with Crippen molar-refractivity contribution >= 4 is 16.7 Å². The van der Waals surface area contributed by atoms with E-state index in [1.54, 1.807) is 67.0 Å². The van der Waals surface area contributed by atoms with E-state index in [4.69, 9.17) is 9.94 Å². The fourth-order valence-electron chi connectivity index (χ4n) is 2.06. The number of ether oxygens (including phenoxy) is 1. The van der Waals surface area contributed by atoms with E-state index in [2.05, 4.69) is 11.8 Å². The lowest BCUT2D eigenvalue weighted by molar-refractivity contribution is -0.128. The van der Waals surface area contributed by atoms with Gasteiger partial charge in [-0.05, 0) is 36.8 Å². The normalized spacial score (nSPS) is 12.4. The smallest absolute Gasteiger partial charge is 0.263 e. The summed E-state index contributed by atoms with van der Waals surface area (Å²) >= 11 is 0. The van der Waals surface area contributed by atoms with Crippen molar-refractivity contribution < 1.29 is 18.9 Å². The van der Waals surface area contributed by atoms with Crippen LogP contribution in [-0.2, 0) is 15.6 Å². The molecule has 5 nitrogen and oxygen atoms in total. The standard InChI is InChI=1S/C18H17NO4S/c1-2-3-13-23-15-9-11-16(12-10-15)24(22)17(18(20)19-21)14-7-5-4-6-8-14/h4-12,17,21H,13H2,1H3,(H,19,20)/t17?,24-/m0/s1. The Hall–Kier alpha value is -2.62. The molecule has 24 heavy (non-hydrogen) atoms. The first-order valence-electron chi connectivity index (χ1n) is 7.19. The molecule has 0 aliphatic heterocycles. The van der Waals surface area contributed by atoms with E-state index in [-0.39, 0.29) is 6.61 Å². The molecule has 2 aromatic rings. The van der Waals surface area contributed by atoms with Gasteiger partial charge in [-0.25, -0.2) is 5.48 Å². The maximum atomic E-state index is 12.8. The maximum Gasteiger partial charge on any atom is 0.263 e. The van der Waals surface area contributed by atoms with Gasteiger partial charge in [0.15, 0.2) is 0 Å². The number of nitrogens with one attached hydrogen (secondary N) is 1. The second-order valence-electron chi connectivity index (χ2n) is 4.75. The van der Waals surface area contributed by atoms with E-state index >= 15 is 0 Å². The molecule has 0 heterocycles. The van der Waals surface area contributed by atoms with Gasteiger partial charge in [0.05, 0.1) is 10.8 Å². The summed E-state index contributed by atoms with van der Waals surface area (Å²) in [6, 6.07) is 15.3. The molecule has 124 valence electrons. The minimum atomic E-state index is -1.67. The fraction of sp³-hybridized carbons (Fsp3) is 0.167. The van der Waals surface area contributed by atoms with E-state index in [9.17, 15) is 9.00 Å². The Morgan fingerprint density at radius 1 is 1.21 bits per heavy atom. The SMILES string of the molecule is CC#CCOc1ccc([S@](=O)C(C(=O)NO)c2ccccc2)cc1. The first-order valence-corrected chi connectivity index (χ1v) is 8.40. The number of amides is 1. The molecule has 1 unspecified atom stereocenters. The summed E-state index contributed by atoms with van der Waals surface area (Å²) < 4.78 is 18.2. The van der Waals surface area contributed by atoms with Crippen LogP contribution < -0.4 is 10.2 Å². The van der Waals surface area contributed by atoms with Crippen LogP contribution in [0, 0.1) is 11.8 Å². The molecule has 2 atom stereocenters. The maximum absolute atomic E-state index is 12.8. The molecule has 2 aromatic carbocycles. The molecule has 0 saturated heterocycles. The zero-order valence-electron chi connectivity index (χ0n) is 13.1. The molecule has 0 aliphatic carbocycles. The lowest BCUT2D eigenvalue weighted by Crippen LogP contribution is -2.29. The lowest BCUT2D eigenvalue weighted by atomic mass is 10.1. The third-order valence-corrected chi connectivity index (χ3v) is 4.86. The molecule has 0 fully saturated rings. The largest absolute Gasteiger partial charge is 0.481 e. The Labute approximate surface area is 143 Å². The van der Waals surface area contributed by atoms with Crippen LogP contribution >= 0.6 is 0 Å². The molecule has 2 N–H and O–H groups in total. The third-order valence-electron chi connectivity index (χ3n) is 3.21. The number of rotatable bonds is 6. The highest BCUT2D eigenvalue weighted by Crippen LogP contribution is 2.26. The van der Waals surface area contributed by atoms with Crippen LogP contribution in [0.1, 0.15) is 17.7 Å². The van der Waals surface area contributed by atoms with Gasteiger partial charge in [-0.2, -0.15) is 0 Å². The first-order chi connectivity index (χ1) is 11.7. The number of hydrogen-bond donors (Lipinski definition) is 2. The summed E-state index contributed by atoms with van der Waals surface area (Å²) in [6.45, 7) is 2.00. The van der Waals surface area contributed by atoms with E-state index in [0.29, 0.717) is 16.2 Å². The van der Waals surface area contributed by atoms with Gasteiger partial charge in [-0.1, -0.05) is 36.3 Å². The predicted molar refractivity (Wildman–Crippen MR) is 90.9 cm³/mol. The number of hydrogen-bond acceptors (Lipinski definition) is 4. The van der Waals surface area contributed by atoms with Gasteiger partial charge in [-0.15, -0.1) is 5.92 Å². The Balaban J connectivity index is 2.23. The second-order valence-corrected chi connectivity index (χ2v) is 6.29. The van der Waals surface area contributed by atoms with Crippen molar-refractivity contribution in [1.82, 2.24) is 5.48 Å². The van der Waals surface area contributed by atoms with E-state index < -0.39 is 22.0 Å². The Bertz CT molecular complexity index is 763. The minimum Gasteiger partial charge on any atom is -0.481 e. The van der Waals surface area contributed by atoms with E-state index in [1.807, 2.05) is 0 Å². The molecule has 0 aromatic heterocycles. The molecule has 0 saturated carbocycles. The zero-order valence-corrected chi connectivity index (χ0v) is 13.9. The van der Waals surface area contributed by atoms with Crippen LogP contribution in [0.5, 0.6) is 5.75 Å². The Morgan fingerprint density at radius 3 is 2.46 bits per heavy atom. The van der Waals surface area contributed by atoms with E-state index in [0.717, 1.165) is 0 Å². The highest BCUT2D eigenvalue weighted by molar-refractivity contribution is 7.86. The molecular formula is C18H17NO4S. The monoisotopic (exact) mass is 343 g/mol. The molecule has 0 radical (unpaired) electrons. The van der Waals surface area contributed by atoms with Gasteiger partial charge in [0.25, 0.3) is 5.91 Å². The quantitative estimate of drug-likeness (QED) is 0.480. The molecule has 0 aliphatic rings. The number of carbonyl (C=O) groups excluding carboxylic acids is 1. The highest BCUT2D eigenvalue weighted by Gasteiger charge is 2.28. The van der Waals surface area contributed by atoms with Gasteiger partial charge in [0, 0.05) is 4.90 Å². The van der Waals surface area contributed by atoms with Crippen molar-refractivity contribution in [2.24, 2.45) is 0 Å². The van der Waals surface area contributed by atoms with Gasteiger partial charge in [0.2, 0.25) is 0 Å². The van der Waals surface area contributed by atoms with Crippen LogP contribution in [0.2, 0.25) is 0 Å². The first kappa shape index (κ1) is 17.7. The van der Waals surface area contributed by atoms with Crippen molar-refractivity contribution in [1.29, 1.82) is 0 Å². The zero-order chi connectivity index (χ0) is 17.4. The molecular weight excluding hydrogens is 326 g/mol. The fourth-order valence-corrected chi connectivity index (χ4v) is 3.38. The Morgan fingerprint density at radius 2 is 1.88 bits per heavy atom. The van der Waals surface area contributed by atoms with Gasteiger partial charge < -0.3 is 4.74 Å². The van der Waals surface area contributed by atoms with Crippen LogP contribution in [-0.4, -0.2) is 21.9 Å². The summed E-state index contributed by atoms with van der Waals surface area (Å²) in [5.74, 6) is 5.39. The lowest BCUT2D eigenvalue weighted by Gasteiger charge is -2.15. The predicted octanol–water partition coefficient (Wildman–Crippen LogP) is 2.44. The second kappa shape index (κ2) is 8.87. The number of hydroxylamine groups is 1. The average Bonchev–Trinajstić information content (AvgIpc) is 2.63. The van der Waals surface area contributed by atoms with Gasteiger partial charge in [0.1, 0.15) is 17.6 Å². The van der Waals surface area contributed by atoms with Gasteiger partial charge >= 0.3 is 0 Å². The topological polar surface area (TPSA) is 75.6 Å². The molecule has 0 bridgehead atoms. The Kier molecular flexibility index (Phi) is 6.55. The average molecular weight is 343 g/mol. The van der Waals surface area contributed by atoms with Gasteiger partial charge in [-0.3, -0.25) is 14.2 Å². The van der Waals surface area contributed by atoms with Crippen LogP contribution in [0.3, 0.4) is 0 Å². The molecule has 1 amide bonds. The highest BCUT2D eigenvalue weighted by atomic mass is 32.2. The molecule has 6 heteroatoms. The van der Waals surface area contributed by atoms with Crippen LogP contribution in [0.25, 0.3) is 0 Å². The summed E-state index contributed by atoms with van der Waals surface area (Å²) in [6.07, 6.45) is 0. The van der Waals surface area contributed by atoms with Crippen molar-refractivity contribution in [3.05, 3.63) is 60.2 Å².